The molecule has 2 aromatic rings. The number of nitrogens with one attached hydrogen (secondary N) is 2. The number of amides is 1. The van der Waals surface area contributed by atoms with Gasteiger partial charge in [-0.15, -0.1) is 0 Å². The van der Waals surface area contributed by atoms with Crippen molar-refractivity contribution in [1.82, 2.24) is 9.62 Å². The third-order valence-electron chi connectivity index (χ3n) is 5.02. The summed E-state index contributed by atoms with van der Waals surface area (Å²) in [6, 6.07) is 11.4. The van der Waals surface area contributed by atoms with Gasteiger partial charge in [0, 0.05) is 30.4 Å². The van der Waals surface area contributed by atoms with E-state index in [4.69, 9.17) is 21.7 Å². The lowest BCUT2D eigenvalue weighted by atomic mass is 10.2. The predicted molar refractivity (Wildman–Crippen MR) is 134 cm³/mol. The second kappa shape index (κ2) is 11.9. The van der Waals surface area contributed by atoms with Gasteiger partial charge in [-0.25, -0.2) is 8.42 Å². The number of ether oxygens (including phenoxy) is 2. The van der Waals surface area contributed by atoms with Crippen LogP contribution in [0.1, 0.15) is 29.6 Å². The van der Waals surface area contributed by atoms with Gasteiger partial charge >= 0.3 is 0 Å². The van der Waals surface area contributed by atoms with Crippen molar-refractivity contribution in [1.29, 1.82) is 0 Å². The smallest absolute Gasteiger partial charge is 0.261 e. The Balaban J connectivity index is 1.63. The normalized spacial score (nSPS) is 14.5. The van der Waals surface area contributed by atoms with Crippen LogP contribution in [0.3, 0.4) is 0 Å². The van der Waals surface area contributed by atoms with Gasteiger partial charge in [-0.2, -0.15) is 4.31 Å². The maximum absolute atomic E-state index is 12.8. The zero-order valence-corrected chi connectivity index (χ0v) is 21.4. The average Bonchev–Trinajstić information content (AvgIpc) is 2.81. The maximum Gasteiger partial charge on any atom is 0.261 e. The molecule has 2 N–H and O–H groups in total. The lowest BCUT2D eigenvalue weighted by Gasteiger charge is -2.25. The average molecular weight is 557 g/mol. The van der Waals surface area contributed by atoms with Gasteiger partial charge in [-0.1, -0.05) is 22.4 Å². The number of hydrogen-bond donors (Lipinski definition) is 2. The zero-order valence-electron chi connectivity index (χ0n) is 18.2. The van der Waals surface area contributed by atoms with Crippen LogP contribution in [0.25, 0.3) is 0 Å². The summed E-state index contributed by atoms with van der Waals surface area (Å²) in [6.45, 7) is 1.78. The van der Waals surface area contributed by atoms with Crippen molar-refractivity contribution >= 4 is 54.9 Å². The molecule has 1 heterocycles. The summed E-state index contributed by atoms with van der Waals surface area (Å²) in [4.78, 5) is 13.0. The number of sulfonamides is 1. The molecule has 8 nitrogen and oxygen atoms in total. The minimum Gasteiger partial charge on any atom is -0.490 e. The fourth-order valence-electron chi connectivity index (χ4n) is 3.34. The third-order valence-corrected chi connectivity index (χ3v) is 7.63. The summed E-state index contributed by atoms with van der Waals surface area (Å²) in [5.41, 5.74) is 0.872. The molecule has 178 valence electrons. The Morgan fingerprint density at radius 2 is 1.79 bits per heavy atom. The van der Waals surface area contributed by atoms with Gasteiger partial charge in [0.05, 0.1) is 17.1 Å². The summed E-state index contributed by atoms with van der Waals surface area (Å²) in [6.07, 6.45) is 2.81. The van der Waals surface area contributed by atoms with E-state index in [0.29, 0.717) is 43.3 Å². The summed E-state index contributed by atoms with van der Waals surface area (Å²) in [5, 5.41) is 5.61. The third kappa shape index (κ3) is 6.97. The summed E-state index contributed by atoms with van der Waals surface area (Å²) < 4.78 is 38.4. The molecular weight excluding hydrogens is 530 g/mol. The fourth-order valence-corrected chi connectivity index (χ4v) is 5.43. The second-order valence-electron chi connectivity index (χ2n) is 7.38. The van der Waals surface area contributed by atoms with E-state index in [9.17, 15) is 13.2 Å². The van der Waals surface area contributed by atoms with Gasteiger partial charge in [0.25, 0.3) is 5.91 Å². The molecule has 3 rings (SSSR count). The standard InChI is InChI=1S/C22H26BrN3O5S2/c1-30-13-14-31-20-10-5-16(23)15-19(20)21(27)25-22(32)24-17-6-8-18(9-7-17)33(28,29)26-11-3-2-4-12-26/h5-10,15H,2-4,11-14H2,1H3,(H2,24,25,27,32). The monoisotopic (exact) mass is 555 g/mol. The fraction of sp³-hybridized carbons (Fsp3) is 0.364. The number of anilines is 1. The molecule has 1 aliphatic heterocycles. The van der Waals surface area contributed by atoms with E-state index in [2.05, 4.69) is 26.6 Å². The van der Waals surface area contributed by atoms with Crippen molar-refractivity contribution in [2.75, 3.05) is 38.7 Å². The number of nitrogens with zero attached hydrogens (tertiary/aromatic N) is 1. The first-order valence-electron chi connectivity index (χ1n) is 10.4. The van der Waals surface area contributed by atoms with Crippen LogP contribution in [0.5, 0.6) is 5.75 Å². The molecule has 0 saturated carbocycles. The van der Waals surface area contributed by atoms with Gasteiger partial charge < -0.3 is 14.8 Å². The van der Waals surface area contributed by atoms with Crippen molar-refractivity contribution in [3.05, 3.63) is 52.5 Å². The minimum atomic E-state index is -3.51. The quantitative estimate of drug-likeness (QED) is 0.378. The van der Waals surface area contributed by atoms with Gasteiger partial charge in [0.1, 0.15) is 12.4 Å². The zero-order chi connectivity index (χ0) is 23.8. The van der Waals surface area contributed by atoms with E-state index >= 15 is 0 Å². The van der Waals surface area contributed by atoms with Crippen LogP contribution >= 0.6 is 28.1 Å². The number of hydrogen-bond acceptors (Lipinski definition) is 6. The molecule has 1 fully saturated rings. The molecule has 0 aromatic heterocycles. The summed E-state index contributed by atoms with van der Waals surface area (Å²) in [5.74, 6) is -0.0339. The maximum atomic E-state index is 12.8. The van der Waals surface area contributed by atoms with Crippen LogP contribution in [0.2, 0.25) is 0 Å². The molecule has 0 unspecified atom stereocenters. The van der Waals surface area contributed by atoms with Crippen molar-refractivity contribution in [3.8, 4) is 5.75 Å². The van der Waals surface area contributed by atoms with Crippen molar-refractivity contribution in [2.45, 2.75) is 24.2 Å². The van der Waals surface area contributed by atoms with Crippen LogP contribution in [-0.2, 0) is 14.8 Å². The van der Waals surface area contributed by atoms with E-state index in [1.165, 1.54) is 16.4 Å². The second-order valence-corrected chi connectivity index (χ2v) is 10.6. The highest BCUT2D eigenvalue weighted by atomic mass is 79.9. The van der Waals surface area contributed by atoms with Crippen molar-refractivity contribution < 1.29 is 22.7 Å². The number of halogens is 1. The molecule has 33 heavy (non-hydrogen) atoms. The van der Waals surface area contributed by atoms with Crippen molar-refractivity contribution in [2.24, 2.45) is 0 Å². The summed E-state index contributed by atoms with van der Waals surface area (Å²) in [7, 11) is -1.94. The highest BCUT2D eigenvalue weighted by molar-refractivity contribution is 9.10. The van der Waals surface area contributed by atoms with Crippen LogP contribution in [-0.4, -0.2) is 57.2 Å². The lowest BCUT2D eigenvalue weighted by Crippen LogP contribution is -2.35. The minimum absolute atomic E-state index is 0.0782. The van der Waals surface area contributed by atoms with Gasteiger partial charge in [-0.05, 0) is 67.5 Å². The Labute approximate surface area is 207 Å². The Hall–Kier alpha value is -2.05. The first-order chi connectivity index (χ1) is 15.8. The van der Waals surface area contributed by atoms with Gasteiger partial charge in [0.15, 0.2) is 5.11 Å². The van der Waals surface area contributed by atoms with Crippen LogP contribution < -0.4 is 15.4 Å². The number of methoxy groups -OCH3 is 1. The number of rotatable bonds is 8. The highest BCUT2D eigenvalue weighted by Crippen LogP contribution is 2.24. The number of carbonyl (C=O) groups excluding carboxylic acids is 1. The predicted octanol–water partition coefficient (Wildman–Crippen LogP) is 3.78. The van der Waals surface area contributed by atoms with Gasteiger partial charge in [-0.3, -0.25) is 10.1 Å². The molecule has 1 saturated heterocycles. The molecule has 0 spiro atoms. The first-order valence-corrected chi connectivity index (χ1v) is 13.1. The molecule has 0 bridgehead atoms. The van der Waals surface area contributed by atoms with E-state index in [1.807, 2.05) is 0 Å². The van der Waals surface area contributed by atoms with Crippen LogP contribution in [0, 0.1) is 0 Å². The highest BCUT2D eigenvalue weighted by Gasteiger charge is 2.25. The summed E-state index contributed by atoms with van der Waals surface area (Å²) >= 11 is 8.62. The molecular formula is C22H26BrN3O5S2. The van der Waals surface area contributed by atoms with Crippen LogP contribution in [0.15, 0.2) is 51.8 Å². The topological polar surface area (TPSA) is 97.0 Å². The number of benzene rings is 2. The number of thiocarbonyl (C=S) groups is 1. The molecule has 2 aromatic carbocycles. The van der Waals surface area contributed by atoms with E-state index in [-0.39, 0.29) is 10.0 Å². The molecule has 0 radical (unpaired) electrons. The van der Waals surface area contributed by atoms with Crippen molar-refractivity contribution in [3.63, 3.8) is 0 Å². The molecule has 1 amide bonds. The Morgan fingerprint density at radius 3 is 2.45 bits per heavy atom. The Morgan fingerprint density at radius 1 is 1.09 bits per heavy atom. The van der Waals surface area contributed by atoms with E-state index in [0.717, 1.165) is 23.7 Å². The molecule has 0 atom stereocenters. The SMILES string of the molecule is COCCOc1ccc(Br)cc1C(=O)NC(=S)Nc1ccc(S(=O)(=O)N2CCCCC2)cc1. The van der Waals surface area contributed by atoms with Crippen LogP contribution in [0.4, 0.5) is 5.69 Å². The van der Waals surface area contributed by atoms with E-state index in [1.54, 1.807) is 37.4 Å². The van der Waals surface area contributed by atoms with E-state index < -0.39 is 15.9 Å². The molecule has 0 aliphatic carbocycles. The Bertz CT molecular complexity index is 1090. The molecule has 1 aliphatic rings. The lowest BCUT2D eigenvalue weighted by molar-refractivity contribution is 0.0969. The number of carbonyl (C=O) groups is 1. The Kier molecular flexibility index (Phi) is 9.21. The molecule has 11 heteroatoms. The first kappa shape index (κ1) is 25.6. The number of piperidine rings is 1. The van der Waals surface area contributed by atoms with Gasteiger partial charge in [0.2, 0.25) is 10.0 Å². The largest absolute Gasteiger partial charge is 0.490 e.